The molecule has 1 aromatic heterocycles. The minimum absolute atomic E-state index is 0.289. The number of hydrogen-bond donors (Lipinski definition) is 1. The van der Waals surface area contributed by atoms with Crippen LogP contribution in [0.15, 0.2) is 16.8 Å². The lowest BCUT2D eigenvalue weighted by molar-refractivity contribution is -0.132. The molecule has 4 heteroatoms. The molecule has 1 aliphatic heterocycles. The fourth-order valence-electron chi connectivity index (χ4n) is 2.49. The molecule has 2 rings (SSSR count). The van der Waals surface area contributed by atoms with Crippen LogP contribution >= 0.6 is 11.3 Å². The molecule has 1 aliphatic rings. The van der Waals surface area contributed by atoms with Gasteiger partial charge in [-0.25, -0.2) is 0 Å². The van der Waals surface area contributed by atoms with Gasteiger partial charge in [0.25, 0.3) is 0 Å². The van der Waals surface area contributed by atoms with Gasteiger partial charge in [0.2, 0.25) is 5.91 Å². The van der Waals surface area contributed by atoms with Gasteiger partial charge < -0.3 is 10.2 Å². The fourth-order valence-corrected chi connectivity index (χ4v) is 3.19. The number of nitrogens with zero attached hydrogens (tertiary/aromatic N) is 1. The molecule has 1 amide bonds. The summed E-state index contributed by atoms with van der Waals surface area (Å²) in [5.74, 6) is 0.289. The molecule has 1 unspecified atom stereocenters. The number of hydrogen-bond acceptors (Lipinski definition) is 3. The Kier molecular flexibility index (Phi) is 4.78. The number of amides is 1. The Balaban J connectivity index is 1.89. The minimum atomic E-state index is 0.289. The summed E-state index contributed by atoms with van der Waals surface area (Å²) >= 11 is 1.71. The van der Waals surface area contributed by atoms with Crippen molar-refractivity contribution in [3.8, 4) is 0 Å². The fraction of sp³-hybridized carbons (Fsp3) is 0.643. The predicted molar refractivity (Wildman–Crippen MR) is 75.8 cm³/mol. The number of carbonyl (C=O) groups is 1. The van der Waals surface area contributed by atoms with Crippen LogP contribution in [0, 0.1) is 0 Å². The average molecular weight is 266 g/mol. The van der Waals surface area contributed by atoms with Gasteiger partial charge >= 0.3 is 0 Å². The van der Waals surface area contributed by atoms with Crippen molar-refractivity contribution in [2.75, 3.05) is 13.1 Å². The molecular weight excluding hydrogens is 244 g/mol. The summed E-state index contributed by atoms with van der Waals surface area (Å²) in [4.78, 5) is 14.3. The van der Waals surface area contributed by atoms with Gasteiger partial charge in [-0.1, -0.05) is 13.8 Å². The third kappa shape index (κ3) is 3.33. The lowest BCUT2D eigenvalue weighted by atomic mass is 10.1. The van der Waals surface area contributed by atoms with Crippen molar-refractivity contribution in [1.82, 2.24) is 10.2 Å². The van der Waals surface area contributed by atoms with Gasteiger partial charge in [-0.3, -0.25) is 4.79 Å². The quantitative estimate of drug-likeness (QED) is 0.889. The molecule has 0 aliphatic carbocycles. The third-order valence-corrected chi connectivity index (χ3v) is 4.09. The van der Waals surface area contributed by atoms with E-state index in [1.807, 2.05) is 0 Å². The van der Waals surface area contributed by atoms with Crippen molar-refractivity contribution in [1.29, 1.82) is 0 Å². The number of likely N-dealkylation sites (tertiary alicyclic amines) is 1. The highest BCUT2D eigenvalue weighted by molar-refractivity contribution is 7.07. The minimum Gasteiger partial charge on any atom is -0.336 e. The van der Waals surface area contributed by atoms with E-state index >= 15 is 0 Å². The topological polar surface area (TPSA) is 32.3 Å². The first-order valence-electron chi connectivity index (χ1n) is 6.73. The summed E-state index contributed by atoms with van der Waals surface area (Å²) in [5, 5.41) is 7.57. The monoisotopic (exact) mass is 266 g/mol. The van der Waals surface area contributed by atoms with E-state index in [1.54, 1.807) is 11.3 Å². The molecule has 2 heterocycles. The molecule has 100 valence electrons. The van der Waals surface area contributed by atoms with Gasteiger partial charge in [0.05, 0.1) is 6.04 Å². The van der Waals surface area contributed by atoms with E-state index in [4.69, 9.17) is 0 Å². The normalized spacial score (nSPS) is 19.7. The highest BCUT2D eigenvalue weighted by atomic mass is 32.1. The Morgan fingerprint density at radius 3 is 3.11 bits per heavy atom. The van der Waals surface area contributed by atoms with Gasteiger partial charge in [0, 0.05) is 25.6 Å². The zero-order valence-corrected chi connectivity index (χ0v) is 12.0. The molecule has 0 radical (unpaired) electrons. The zero-order valence-electron chi connectivity index (χ0n) is 11.2. The van der Waals surface area contributed by atoms with Crippen molar-refractivity contribution in [3.63, 3.8) is 0 Å². The van der Waals surface area contributed by atoms with E-state index < -0.39 is 0 Å². The van der Waals surface area contributed by atoms with Gasteiger partial charge in [-0.05, 0) is 35.2 Å². The van der Waals surface area contributed by atoms with Crippen LogP contribution < -0.4 is 5.32 Å². The molecular formula is C14H22N2OS. The molecule has 18 heavy (non-hydrogen) atoms. The Morgan fingerprint density at radius 2 is 2.44 bits per heavy atom. The second kappa shape index (κ2) is 6.34. The molecule has 0 aromatic carbocycles. The van der Waals surface area contributed by atoms with Crippen LogP contribution in [0.3, 0.4) is 0 Å². The predicted octanol–water partition coefficient (Wildman–Crippen LogP) is 2.80. The highest BCUT2D eigenvalue weighted by Gasteiger charge is 2.29. The van der Waals surface area contributed by atoms with Crippen LogP contribution in [0.2, 0.25) is 0 Å². The number of thiophene rings is 1. The number of nitrogens with one attached hydrogen (secondary N) is 1. The number of carbonyl (C=O) groups excluding carboxylic acids is 1. The van der Waals surface area contributed by atoms with E-state index in [1.165, 1.54) is 5.56 Å². The van der Waals surface area contributed by atoms with Crippen molar-refractivity contribution >= 4 is 17.2 Å². The van der Waals surface area contributed by atoms with Crippen LogP contribution in [0.5, 0.6) is 0 Å². The Hall–Kier alpha value is -0.870. The molecule has 0 bridgehead atoms. The summed E-state index contributed by atoms with van der Waals surface area (Å²) in [5.41, 5.74) is 1.31. The first kappa shape index (κ1) is 13.6. The van der Waals surface area contributed by atoms with E-state index in [2.05, 4.69) is 40.9 Å². The summed E-state index contributed by atoms with van der Waals surface area (Å²) in [6, 6.07) is 2.92. The molecule has 1 fully saturated rings. The van der Waals surface area contributed by atoms with Crippen LogP contribution in [0.1, 0.15) is 44.7 Å². The van der Waals surface area contributed by atoms with E-state index in [-0.39, 0.29) is 5.91 Å². The maximum Gasteiger partial charge on any atom is 0.224 e. The van der Waals surface area contributed by atoms with Gasteiger partial charge in [-0.15, -0.1) is 0 Å². The van der Waals surface area contributed by atoms with E-state index in [0.29, 0.717) is 18.5 Å². The first-order chi connectivity index (χ1) is 8.68. The van der Waals surface area contributed by atoms with Crippen LogP contribution in [0.4, 0.5) is 0 Å². The second-order valence-corrected chi connectivity index (χ2v) is 5.94. The lowest BCUT2D eigenvalue weighted by Gasteiger charge is -2.24. The largest absolute Gasteiger partial charge is 0.336 e. The van der Waals surface area contributed by atoms with Crippen molar-refractivity contribution in [2.24, 2.45) is 0 Å². The SMILES string of the molecule is CC(C)NCCC(=O)N1CCCC1c1ccsc1. The van der Waals surface area contributed by atoms with Crippen molar-refractivity contribution < 1.29 is 4.79 Å². The summed E-state index contributed by atoms with van der Waals surface area (Å²) in [6.45, 7) is 5.91. The molecule has 1 atom stereocenters. The molecule has 3 nitrogen and oxygen atoms in total. The summed E-state index contributed by atoms with van der Waals surface area (Å²) in [6.07, 6.45) is 2.85. The summed E-state index contributed by atoms with van der Waals surface area (Å²) in [7, 11) is 0. The zero-order chi connectivity index (χ0) is 13.0. The molecule has 1 aromatic rings. The number of rotatable bonds is 5. The second-order valence-electron chi connectivity index (χ2n) is 5.16. The Bertz CT molecular complexity index is 375. The van der Waals surface area contributed by atoms with Gasteiger partial charge in [0.1, 0.15) is 0 Å². The maximum absolute atomic E-state index is 12.2. The molecule has 0 saturated carbocycles. The first-order valence-corrected chi connectivity index (χ1v) is 7.67. The van der Waals surface area contributed by atoms with Gasteiger partial charge in [0.15, 0.2) is 0 Å². The van der Waals surface area contributed by atoms with Crippen LogP contribution in [0.25, 0.3) is 0 Å². The standard InChI is InChI=1S/C14H22N2OS/c1-11(2)15-7-5-14(17)16-8-3-4-13(16)12-6-9-18-10-12/h6,9-11,13,15H,3-5,7-8H2,1-2H3. The third-order valence-electron chi connectivity index (χ3n) is 3.39. The molecule has 1 N–H and O–H groups in total. The Labute approximate surface area is 113 Å². The van der Waals surface area contributed by atoms with Crippen LogP contribution in [-0.4, -0.2) is 29.9 Å². The van der Waals surface area contributed by atoms with E-state index in [9.17, 15) is 4.79 Å². The maximum atomic E-state index is 12.2. The Morgan fingerprint density at radius 1 is 1.61 bits per heavy atom. The highest BCUT2D eigenvalue weighted by Crippen LogP contribution is 2.33. The molecule has 1 saturated heterocycles. The smallest absolute Gasteiger partial charge is 0.224 e. The molecule has 0 spiro atoms. The lowest BCUT2D eigenvalue weighted by Crippen LogP contribution is -2.34. The van der Waals surface area contributed by atoms with Crippen molar-refractivity contribution in [2.45, 2.75) is 45.2 Å². The van der Waals surface area contributed by atoms with E-state index in [0.717, 1.165) is 25.9 Å². The van der Waals surface area contributed by atoms with Gasteiger partial charge in [-0.2, -0.15) is 11.3 Å². The summed E-state index contributed by atoms with van der Waals surface area (Å²) < 4.78 is 0. The average Bonchev–Trinajstić information content (AvgIpc) is 2.99. The van der Waals surface area contributed by atoms with Crippen molar-refractivity contribution in [3.05, 3.63) is 22.4 Å². The van der Waals surface area contributed by atoms with Crippen LogP contribution in [-0.2, 0) is 4.79 Å².